The lowest BCUT2D eigenvalue weighted by Crippen LogP contribution is -1.92. The summed E-state index contributed by atoms with van der Waals surface area (Å²) in [5.74, 6) is 0. The van der Waals surface area contributed by atoms with Crippen molar-refractivity contribution in [2.24, 2.45) is 0 Å². The zero-order valence-electron chi connectivity index (χ0n) is 11.8. The van der Waals surface area contributed by atoms with Gasteiger partial charge in [-0.15, -0.1) is 0 Å². The first-order chi connectivity index (χ1) is 10.8. The van der Waals surface area contributed by atoms with Crippen molar-refractivity contribution >= 4 is 27.3 Å². The maximum atomic E-state index is 5.80. The van der Waals surface area contributed by atoms with Crippen LogP contribution in [0.15, 0.2) is 71.7 Å². The molecule has 0 radical (unpaired) electrons. The number of rotatable bonds is 5. The number of hydrogen-bond acceptors (Lipinski definition) is 3. The quantitative estimate of drug-likeness (QED) is 0.528. The molecule has 0 saturated carbocycles. The molecule has 0 aliphatic carbocycles. The van der Waals surface area contributed by atoms with E-state index in [9.17, 15) is 0 Å². The molecule has 0 unspecified atom stereocenters. The average molecular weight is 372 g/mol. The molecule has 3 aromatic rings. The summed E-state index contributed by atoms with van der Waals surface area (Å²) in [6.45, 7) is 4.18. The molecule has 1 heterocycles. The first kappa shape index (κ1) is 15.0. The molecule has 1 aromatic heterocycles. The lowest BCUT2D eigenvalue weighted by molar-refractivity contribution is 0.374. The Balaban J connectivity index is 2.06. The van der Waals surface area contributed by atoms with Crippen LogP contribution in [-0.4, -0.2) is 11.6 Å². The highest BCUT2D eigenvalue weighted by Crippen LogP contribution is 2.40. The van der Waals surface area contributed by atoms with E-state index in [0.717, 1.165) is 31.4 Å². The van der Waals surface area contributed by atoms with Crippen LogP contribution in [0, 0.1) is 0 Å². The number of benzene rings is 2. The number of ether oxygens (including phenoxy) is 1. The highest BCUT2D eigenvalue weighted by molar-refractivity contribution is 9.10. The van der Waals surface area contributed by atoms with Gasteiger partial charge in [0.25, 0.3) is 0 Å². The van der Waals surface area contributed by atoms with Gasteiger partial charge < -0.3 is 4.74 Å². The Hall–Kier alpha value is -1.91. The minimum Gasteiger partial charge on any atom is -0.478 e. The Morgan fingerprint density at radius 1 is 1.09 bits per heavy atom. The van der Waals surface area contributed by atoms with Crippen LogP contribution < -0.4 is 4.74 Å². The Morgan fingerprint density at radius 3 is 2.59 bits per heavy atom. The average Bonchev–Trinajstić information content (AvgIpc) is 2.98. The van der Waals surface area contributed by atoms with E-state index in [2.05, 4.69) is 34.6 Å². The topological polar surface area (TPSA) is 22.1 Å². The first-order valence-corrected chi connectivity index (χ1v) is 8.45. The molecule has 2 nitrogen and oxygen atoms in total. The van der Waals surface area contributed by atoms with Crippen molar-refractivity contribution in [2.75, 3.05) is 6.61 Å². The Kier molecular flexibility index (Phi) is 4.71. The highest BCUT2D eigenvalue weighted by atomic mass is 79.9. The Bertz CT molecular complexity index is 783. The van der Waals surface area contributed by atoms with Crippen LogP contribution in [0.25, 0.3) is 21.8 Å². The minimum absolute atomic E-state index is 0.472. The van der Waals surface area contributed by atoms with Crippen LogP contribution in [-0.2, 0) is 0 Å². The molecule has 22 heavy (non-hydrogen) atoms. The standard InChI is InChI=1S/C18H14BrNOS/c1-2-11-21-18-16(13-7-4-3-5-8-13)20-17(22-18)14-9-6-10-15(19)12-14/h2-10,12H,1,11H2. The molecule has 0 aliphatic rings. The molecule has 0 saturated heterocycles. The SMILES string of the molecule is C=CCOc1sc(-c2cccc(Br)c2)nc1-c1ccccc1. The number of thiazole rings is 1. The van der Waals surface area contributed by atoms with Gasteiger partial charge in [-0.1, -0.05) is 82.4 Å². The molecule has 4 heteroatoms. The summed E-state index contributed by atoms with van der Waals surface area (Å²) in [4.78, 5) is 4.78. The summed E-state index contributed by atoms with van der Waals surface area (Å²) in [6, 6.07) is 18.2. The fraction of sp³-hybridized carbons (Fsp3) is 0.0556. The fourth-order valence-corrected chi connectivity index (χ4v) is 3.41. The van der Waals surface area contributed by atoms with E-state index in [1.165, 1.54) is 0 Å². The number of hydrogen-bond donors (Lipinski definition) is 0. The summed E-state index contributed by atoms with van der Waals surface area (Å²) < 4.78 is 6.84. The predicted octanol–water partition coefficient (Wildman–Crippen LogP) is 5.80. The van der Waals surface area contributed by atoms with E-state index < -0.39 is 0 Å². The van der Waals surface area contributed by atoms with Gasteiger partial charge in [-0.25, -0.2) is 4.98 Å². The van der Waals surface area contributed by atoms with E-state index in [1.807, 2.05) is 42.5 Å². The molecule has 2 aromatic carbocycles. The molecule has 110 valence electrons. The van der Waals surface area contributed by atoms with E-state index in [4.69, 9.17) is 9.72 Å². The normalized spacial score (nSPS) is 10.4. The highest BCUT2D eigenvalue weighted by Gasteiger charge is 2.15. The maximum Gasteiger partial charge on any atom is 0.203 e. The summed E-state index contributed by atoms with van der Waals surface area (Å²) in [7, 11) is 0. The monoisotopic (exact) mass is 371 g/mol. The van der Waals surface area contributed by atoms with Crippen LogP contribution >= 0.6 is 27.3 Å². The lowest BCUT2D eigenvalue weighted by Gasteiger charge is -2.02. The molecular weight excluding hydrogens is 358 g/mol. The molecule has 0 atom stereocenters. The van der Waals surface area contributed by atoms with Crippen molar-refractivity contribution in [3.63, 3.8) is 0 Å². The van der Waals surface area contributed by atoms with Crippen molar-refractivity contribution in [2.45, 2.75) is 0 Å². The van der Waals surface area contributed by atoms with Crippen molar-refractivity contribution in [3.8, 4) is 26.9 Å². The van der Waals surface area contributed by atoms with Gasteiger partial charge in [-0.05, 0) is 12.1 Å². The zero-order valence-corrected chi connectivity index (χ0v) is 14.2. The molecule has 0 amide bonds. The number of halogens is 1. The van der Waals surface area contributed by atoms with Gasteiger partial charge >= 0.3 is 0 Å². The third-order valence-electron chi connectivity index (χ3n) is 3.05. The Labute approximate surface area is 142 Å². The van der Waals surface area contributed by atoms with E-state index in [1.54, 1.807) is 17.4 Å². The molecule has 0 N–H and O–H groups in total. The van der Waals surface area contributed by atoms with E-state index in [0.29, 0.717) is 6.61 Å². The minimum atomic E-state index is 0.472. The van der Waals surface area contributed by atoms with Gasteiger partial charge in [0.2, 0.25) is 5.06 Å². The van der Waals surface area contributed by atoms with Gasteiger partial charge in [-0.2, -0.15) is 0 Å². The van der Waals surface area contributed by atoms with E-state index in [-0.39, 0.29) is 0 Å². The number of aromatic nitrogens is 1. The number of nitrogens with zero attached hydrogens (tertiary/aromatic N) is 1. The molecular formula is C18H14BrNOS. The molecule has 0 fully saturated rings. The molecule has 0 spiro atoms. The molecule has 0 bridgehead atoms. The van der Waals surface area contributed by atoms with Gasteiger partial charge in [0.15, 0.2) is 0 Å². The van der Waals surface area contributed by atoms with Crippen LogP contribution in [0.2, 0.25) is 0 Å². The molecule has 0 aliphatic heterocycles. The zero-order chi connectivity index (χ0) is 15.4. The summed E-state index contributed by atoms with van der Waals surface area (Å²) in [6.07, 6.45) is 1.74. The largest absolute Gasteiger partial charge is 0.478 e. The van der Waals surface area contributed by atoms with Crippen LogP contribution in [0.5, 0.6) is 5.06 Å². The molecule has 3 rings (SSSR count). The predicted molar refractivity (Wildman–Crippen MR) is 96.4 cm³/mol. The van der Waals surface area contributed by atoms with Crippen molar-refractivity contribution in [3.05, 3.63) is 71.7 Å². The van der Waals surface area contributed by atoms with Gasteiger partial charge in [0, 0.05) is 15.6 Å². The fourth-order valence-electron chi connectivity index (χ4n) is 2.06. The van der Waals surface area contributed by atoms with Crippen LogP contribution in [0.4, 0.5) is 0 Å². The maximum absolute atomic E-state index is 5.80. The third kappa shape index (κ3) is 3.29. The van der Waals surface area contributed by atoms with Crippen molar-refractivity contribution in [1.82, 2.24) is 4.98 Å². The van der Waals surface area contributed by atoms with E-state index >= 15 is 0 Å². The van der Waals surface area contributed by atoms with Gasteiger partial charge in [-0.3, -0.25) is 0 Å². The lowest BCUT2D eigenvalue weighted by atomic mass is 10.2. The smallest absolute Gasteiger partial charge is 0.203 e. The first-order valence-electron chi connectivity index (χ1n) is 6.84. The second kappa shape index (κ2) is 6.90. The summed E-state index contributed by atoms with van der Waals surface area (Å²) in [5, 5.41) is 1.76. The van der Waals surface area contributed by atoms with Gasteiger partial charge in [0.05, 0.1) is 0 Å². The van der Waals surface area contributed by atoms with Crippen molar-refractivity contribution < 1.29 is 4.74 Å². The van der Waals surface area contributed by atoms with Crippen molar-refractivity contribution in [1.29, 1.82) is 0 Å². The Morgan fingerprint density at radius 2 is 1.86 bits per heavy atom. The second-order valence-corrected chi connectivity index (χ2v) is 6.51. The van der Waals surface area contributed by atoms with Gasteiger partial charge in [0.1, 0.15) is 17.3 Å². The summed E-state index contributed by atoms with van der Waals surface area (Å²) in [5.41, 5.74) is 3.01. The summed E-state index contributed by atoms with van der Waals surface area (Å²) >= 11 is 5.06. The second-order valence-electron chi connectivity index (χ2n) is 4.63. The van der Waals surface area contributed by atoms with Crippen LogP contribution in [0.3, 0.4) is 0 Å². The van der Waals surface area contributed by atoms with Crippen LogP contribution in [0.1, 0.15) is 0 Å². The third-order valence-corrected chi connectivity index (χ3v) is 4.56.